The van der Waals surface area contributed by atoms with Crippen molar-refractivity contribution in [2.24, 2.45) is 17.6 Å². The summed E-state index contributed by atoms with van der Waals surface area (Å²) in [6.07, 6.45) is -1.29. The molecule has 0 spiro atoms. The van der Waals surface area contributed by atoms with E-state index in [0.717, 1.165) is 18.4 Å². The Kier molecular flexibility index (Phi) is 4.74. The topological polar surface area (TPSA) is 26.0 Å². The van der Waals surface area contributed by atoms with Gasteiger partial charge in [0.25, 0.3) is 0 Å². The van der Waals surface area contributed by atoms with E-state index >= 15 is 0 Å². The number of halogens is 3. The molecule has 3 unspecified atom stereocenters. The molecule has 0 aromatic heterocycles. The van der Waals surface area contributed by atoms with Crippen LogP contribution in [-0.4, -0.2) is 6.18 Å². The van der Waals surface area contributed by atoms with Gasteiger partial charge in [-0.25, -0.2) is 0 Å². The van der Waals surface area contributed by atoms with Crippen molar-refractivity contribution < 1.29 is 13.2 Å². The van der Waals surface area contributed by atoms with Crippen molar-refractivity contribution >= 4 is 0 Å². The molecule has 0 bridgehead atoms. The van der Waals surface area contributed by atoms with Gasteiger partial charge in [0.1, 0.15) is 0 Å². The Bertz CT molecular complexity index is 424. The summed E-state index contributed by atoms with van der Waals surface area (Å²) < 4.78 is 38.5. The molecule has 112 valence electrons. The lowest BCUT2D eigenvalue weighted by atomic mass is 9.76. The molecule has 1 aromatic rings. The fourth-order valence-electron chi connectivity index (χ4n) is 3.10. The van der Waals surface area contributed by atoms with Gasteiger partial charge in [0.2, 0.25) is 0 Å². The van der Waals surface area contributed by atoms with E-state index < -0.39 is 12.1 Å². The summed E-state index contributed by atoms with van der Waals surface area (Å²) in [7, 11) is 0. The van der Waals surface area contributed by atoms with Gasteiger partial charge in [-0.3, -0.25) is 0 Å². The van der Waals surface area contributed by atoms with Crippen LogP contribution in [0, 0.1) is 11.8 Å². The Balaban J connectivity index is 2.05. The average molecular weight is 285 g/mol. The minimum atomic E-state index is -4.08. The monoisotopic (exact) mass is 285 g/mol. The van der Waals surface area contributed by atoms with Crippen molar-refractivity contribution in [2.75, 3.05) is 0 Å². The summed E-state index contributed by atoms with van der Waals surface area (Å²) in [4.78, 5) is 0. The second kappa shape index (κ2) is 6.17. The Morgan fingerprint density at radius 2 is 1.85 bits per heavy atom. The zero-order valence-electron chi connectivity index (χ0n) is 11.8. The van der Waals surface area contributed by atoms with Gasteiger partial charge in [-0.05, 0) is 42.7 Å². The zero-order valence-corrected chi connectivity index (χ0v) is 11.8. The molecular weight excluding hydrogens is 263 g/mol. The Morgan fingerprint density at radius 3 is 2.40 bits per heavy atom. The number of aryl methyl sites for hydroxylation is 1. The molecule has 0 heterocycles. The molecule has 0 saturated heterocycles. The number of hydrogen-bond donors (Lipinski definition) is 1. The SMILES string of the molecule is CCc1ccc(C(N)C2CCCC(C(F)(F)F)C2)cc1. The smallest absolute Gasteiger partial charge is 0.324 e. The third-order valence-electron chi connectivity index (χ3n) is 4.46. The second-order valence-electron chi connectivity index (χ2n) is 5.79. The first-order valence-electron chi connectivity index (χ1n) is 7.33. The molecular formula is C16H22F3N. The highest BCUT2D eigenvalue weighted by molar-refractivity contribution is 5.25. The Labute approximate surface area is 118 Å². The van der Waals surface area contributed by atoms with Crippen molar-refractivity contribution in [1.82, 2.24) is 0 Å². The van der Waals surface area contributed by atoms with Crippen molar-refractivity contribution in [3.63, 3.8) is 0 Å². The minimum Gasteiger partial charge on any atom is -0.324 e. The van der Waals surface area contributed by atoms with Gasteiger partial charge in [-0.1, -0.05) is 37.6 Å². The molecule has 1 aliphatic carbocycles. The van der Waals surface area contributed by atoms with Crippen LogP contribution in [0.5, 0.6) is 0 Å². The van der Waals surface area contributed by atoms with Gasteiger partial charge in [0.05, 0.1) is 5.92 Å². The lowest BCUT2D eigenvalue weighted by Gasteiger charge is -2.34. The molecule has 1 saturated carbocycles. The van der Waals surface area contributed by atoms with Gasteiger partial charge in [0.15, 0.2) is 0 Å². The van der Waals surface area contributed by atoms with Crippen LogP contribution in [0.3, 0.4) is 0 Å². The van der Waals surface area contributed by atoms with E-state index in [9.17, 15) is 13.2 Å². The van der Waals surface area contributed by atoms with Crippen LogP contribution in [0.25, 0.3) is 0 Å². The minimum absolute atomic E-state index is 0.0668. The fourth-order valence-corrected chi connectivity index (χ4v) is 3.10. The largest absolute Gasteiger partial charge is 0.391 e. The van der Waals surface area contributed by atoms with E-state index in [2.05, 4.69) is 6.92 Å². The van der Waals surface area contributed by atoms with Gasteiger partial charge >= 0.3 is 6.18 Å². The van der Waals surface area contributed by atoms with E-state index in [0.29, 0.717) is 6.42 Å². The highest BCUT2D eigenvalue weighted by Gasteiger charge is 2.43. The summed E-state index contributed by atoms with van der Waals surface area (Å²) in [5, 5.41) is 0. The first-order valence-corrected chi connectivity index (χ1v) is 7.33. The lowest BCUT2D eigenvalue weighted by molar-refractivity contribution is -0.186. The summed E-state index contributed by atoms with van der Waals surface area (Å²) in [5.74, 6) is -1.25. The standard InChI is InChI=1S/C16H22F3N/c1-2-11-6-8-12(9-7-11)15(20)13-4-3-5-14(10-13)16(17,18)19/h6-9,13-15H,2-5,10,20H2,1H3. The van der Waals surface area contributed by atoms with E-state index in [1.165, 1.54) is 5.56 Å². The molecule has 1 fully saturated rings. The number of rotatable bonds is 3. The maximum atomic E-state index is 12.8. The van der Waals surface area contributed by atoms with Crippen LogP contribution in [0.2, 0.25) is 0 Å². The van der Waals surface area contributed by atoms with Crippen LogP contribution in [0.4, 0.5) is 13.2 Å². The van der Waals surface area contributed by atoms with E-state index in [4.69, 9.17) is 5.73 Å². The average Bonchev–Trinajstić information content (AvgIpc) is 2.46. The van der Waals surface area contributed by atoms with Crippen LogP contribution < -0.4 is 5.73 Å². The fraction of sp³-hybridized carbons (Fsp3) is 0.625. The molecule has 0 radical (unpaired) electrons. The van der Waals surface area contributed by atoms with Crippen molar-refractivity contribution in [1.29, 1.82) is 0 Å². The molecule has 2 N–H and O–H groups in total. The maximum absolute atomic E-state index is 12.8. The van der Waals surface area contributed by atoms with E-state index in [-0.39, 0.29) is 24.8 Å². The number of hydrogen-bond acceptors (Lipinski definition) is 1. The Hall–Kier alpha value is -1.03. The first-order chi connectivity index (χ1) is 9.41. The molecule has 20 heavy (non-hydrogen) atoms. The van der Waals surface area contributed by atoms with Crippen LogP contribution >= 0.6 is 0 Å². The number of alkyl halides is 3. The van der Waals surface area contributed by atoms with Crippen LogP contribution in [0.15, 0.2) is 24.3 Å². The normalized spacial score (nSPS) is 25.4. The van der Waals surface area contributed by atoms with E-state index in [1.807, 2.05) is 24.3 Å². The molecule has 0 amide bonds. The van der Waals surface area contributed by atoms with Gasteiger partial charge in [-0.2, -0.15) is 13.2 Å². The molecule has 2 rings (SSSR count). The van der Waals surface area contributed by atoms with Gasteiger partial charge in [0, 0.05) is 6.04 Å². The number of benzene rings is 1. The summed E-state index contributed by atoms with van der Waals surface area (Å²) in [6.45, 7) is 2.07. The maximum Gasteiger partial charge on any atom is 0.391 e. The molecule has 4 heteroatoms. The number of nitrogens with two attached hydrogens (primary N) is 1. The van der Waals surface area contributed by atoms with Gasteiger partial charge < -0.3 is 5.73 Å². The first kappa shape index (κ1) is 15.4. The highest BCUT2D eigenvalue weighted by atomic mass is 19.4. The predicted molar refractivity (Wildman–Crippen MR) is 74.3 cm³/mol. The zero-order chi connectivity index (χ0) is 14.8. The second-order valence-corrected chi connectivity index (χ2v) is 5.79. The van der Waals surface area contributed by atoms with E-state index in [1.54, 1.807) is 0 Å². The van der Waals surface area contributed by atoms with Crippen molar-refractivity contribution in [3.8, 4) is 0 Å². The predicted octanol–water partition coefficient (Wildman–Crippen LogP) is 4.62. The van der Waals surface area contributed by atoms with Crippen LogP contribution in [0.1, 0.15) is 49.8 Å². The summed E-state index contributed by atoms with van der Waals surface area (Å²) in [5.41, 5.74) is 8.37. The molecule has 1 aromatic carbocycles. The van der Waals surface area contributed by atoms with Gasteiger partial charge in [-0.15, -0.1) is 0 Å². The lowest BCUT2D eigenvalue weighted by Crippen LogP contribution is -2.33. The highest BCUT2D eigenvalue weighted by Crippen LogP contribution is 2.43. The van der Waals surface area contributed by atoms with Crippen LogP contribution in [-0.2, 0) is 6.42 Å². The molecule has 1 nitrogen and oxygen atoms in total. The molecule has 1 aliphatic rings. The molecule has 3 atom stereocenters. The van der Waals surface area contributed by atoms with Crippen molar-refractivity contribution in [3.05, 3.63) is 35.4 Å². The molecule has 0 aliphatic heterocycles. The Morgan fingerprint density at radius 1 is 1.20 bits per heavy atom. The summed E-state index contributed by atoms with van der Waals surface area (Å²) in [6, 6.07) is 7.66. The quantitative estimate of drug-likeness (QED) is 0.861. The third-order valence-corrected chi connectivity index (χ3v) is 4.46. The third kappa shape index (κ3) is 3.54. The summed E-state index contributed by atoms with van der Waals surface area (Å²) >= 11 is 0. The van der Waals surface area contributed by atoms with Crippen molar-refractivity contribution in [2.45, 2.75) is 51.2 Å².